The van der Waals surface area contributed by atoms with Crippen LogP contribution in [0.4, 0.5) is 0 Å². The summed E-state index contributed by atoms with van der Waals surface area (Å²) in [4.78, 5) is 11.5. The van der Waals surface area contributed by atoms with Crippen LogP contribution in [0.25, 0.3) is 0 Å². The Morgan fingerprint density at radius 3 is 2.14 bits per heavy atom. The van der Waals surface area contributed by atoms with Gasteiger partial charge in [0.2, 0.25) is 0 Å². The van der Waals surface area contributed by atoms with Crippen molar-refractivity contribution < 1.29 is 28.1 Å². The van der Waals surface area contributed by atoms with Crippen molar-refractivity contribution >= 4 is 16.0 Å². The summed E-state index contributed by atoms with van der Waals surface area (Å²) in [7, 11) is -4.50. The molecule has 0 aromatic rings. The molecule has 0 radical (unpaired) electrons. The highest BCUT2D eigenvalue weighted by molar-refractivity contribution is 7.53. The normalized spacial score (nSPS) is 13.8. The fourth-order valence-electron chi connectivity index (χ4n) is 1.74. The van der Waals surface area contributed by atoms with Gasteiger partial charge >= 0.3 is 7.60 Å². The molecule has 0 heterocycles. The van der Waals surface area contributed by atoms with Crippen molar-refractivity contribution in [2.75, 3.05) is 58.4 Å². The van der Waals surface area contributed by atoms with E-state index in [1.165, 1.54) is 0 Å². The molecule has 0 saturated heterocycles. The first-order chi connectivity index (χ1) is 10.0. The molecule has 9 heteroatoms. The van der Waals surface area contributed by atoms with Crippen molar-refractivity contribution in [1.82, 2.24) is 4.90 Å². The Kier molecular flexibility index (Phi) is 13.2. The summed E-state index contributed by atoms with van der Waals surface area (Å²) in [5.74, 6) is 0. The summed E-state index contributed by atoms with van der Waals surface area (Å²) in [6.07, 6.45) is 0.767. The number of hydrogen-bond acceptors (Lipinski definition) is 7. The zero-order valence-electron chi connectivity index (χ0n) is 13.2. The largest absolute Gasteiger partial charge is 0.395 e. The zero-order chi connectivity index (χ0) is 16.1. The Morgan fingerprint density at radius 2 is 1.67 bits per heavy atom. The summed E-state index contributed by atoms with van der Waals surface area (Å²) < 4.78 is 28.0. The molecule has 1 atom stereocenters. The van der Waals surface area contributed by atoms with Crippen molar-refractivity contribution in [3.63, 3.8) is 0 Å². The second kappa shape index (κ2) is 12.9. The highest BCUT2D eigenvalue weighted by Crippen LogP contribution is 2.47. The van der Waals surface area contributed by atoms with E-state index in [9.17, 15) is 9.46 Å². The standard InChI is InChI=1S/C12H29NO6P2/c1-4-17-20(15)11-8-13(7-10-14)9-12-21(16,18-5-2)19-6-3/h14-15H,4-12H2,1-3H3. The highest BCUT2D eigenvalue weighted by atomic mass is 31.2. The number of hydrogen-bond donors (Lipinski definition) is 2. The molecule has 0 bridgehead atoms. The maximum atomic E-state index is 12.4. The Morgan fingerprint density at radius 1 is 1.05 bits per heavy atom. The van der Waals surface area contributed by atoms with E-state index in [-0.39, 0.29) is 12.8 Å². The van der Waals surface area contributed by atoms with Crippen molar-refractivity contribution in [2.45, 2.75) is 20.8 Å². The predicted molar refractivity (Wildman–Crippen MR) is 84.9 cm³/mol. The van der Waals surface area contributed by atoms with Gasteiger partial charge in [-0.1, -0.05) is 0 Å². The third-order valence-electron chi connectivity index (χ3n) is 2.64. The number of aliphatic hydroxyl groups excluding tert-OH is 1. The summed E-state index contributed by atoms with van der Waals surface area (Å²) in [5.41, 5.74) is 0. The average molecular weight is 345 g/mol. The predicted octanol–water partition coefficient (Wildman–Crippen LogP) is 1.89. The van der Waals surface area contributed by atoms with Gasteiger partial charge in [0, 0.05) is 25.8 Å². The van der Waals surface area contributed by atoms with Gasteiger partial charge in [-0.05, 0) is 20.8 Å². The molecular weight excluding hydrogens is 316 g/mol. The minimum Gasteiger partial charge on any atom is -0.395 e. The van der Waals surface area contributed by atoms with E-state index in [4.69, 9.17) is 18.7 Å². The fourth-order valence-corrected chi connectivity index (χ4v) is 4.27. The summed E-state index contributed by atoms with van der Waals surface area (Å²) >= 11 is 0. The van der Waals surface area contributed by atoms with E-state index in [1.54, 1.807) is 13.8 Å². The number of nitrogens with zero attached hydrogens (tertiary/aromatic N) is 1. The van der Waals surface area contributed by atoms with Crippen LogP contribution in [0.15, 0.2) is 0 Å². The van der Waals surface area contributed by atoms with E-state index in [0.717, 1.165) is 0 Å². The van der Waals surface area contributed by atoms with Crippen molar-refractivity contribution in [2.24, 2.45) is 0 Å². The molecule has 1 unspecified atom stereocenters. The van der Waals surface area contributed by atoms with Gasteiger partial charge < -0.3 is 23.6 Å². The second-order valence-corrected chi connectivity index (χ2v) is 7.82. The lowest BCUT2D eigenvalue weighted by atomic mass is 10.5. The molecule has 0 aromatic heterocycles. The van der Waals surface area contributed by atoms with Crippen LogP contribution in [-0.2, 0) is 18.1 Å². The molecule has 0 fully saturated rings. The number of aliphatic hydroxyl groups is 1. The molecule has 0 spiro atoms. The Bertz CT molecular complexity index is 285. The quantitative estimate of drug-likeness (QED) is 0.465. The van der Waals surface area contributed by atoms with Crippen LogP contribution >= 0.6 is 16.0 Å². The van der Waals surface area contributed by atoms with Crippen molar-refractivity contribution in [3.05, 3.63) is 0 Å². The molecule has 21 heavy (non-hydrogen) atoms. The minimum absolute atomic E-state index is 0.00552. The third-order valence-corrected chi connectivity index (χ3v) is 5.83. The summed E-state index contributed by atoms with van der Waals surface area (Å²) in [6.45, 7) is 8.04. The van der Waals surface area contributed by atoms with Gasteiger partial charge in [-0.25, -0.2) is 0 Å². The topological polar surface area (TPSA) is 88.5 Å². The lowest BCUT2D eigenvalue weighted by Crippen LogP contribution is -2.32. The van der Waals surface area contributed by atoms with Gasteiger partial charge in [-0.2, -0.15) is 0 Å². The summed E-state index contributed by atoms with van der Waals surface area (Å²) in [5, 5.41) is 9.08. The first-order valence-electron chi connectivity index (χ1n) is 7.32. The molecule has 0 aliphatic carbocycles. The van der Waals surface area contributed by atoms with Crippen LogP contribution in [-0.4, -0.2) is 73.3 Å². The van der Waals surface area contributed by atoms with Crippen molar-refractivity contribution in [3.8, 4) is 0 Å². The molecule has 0 aliphatic heterocycles. The van der Waals surface area contributed by atoms with E-state index < -0.39 is 16.0 Å². The molecule has 0 rings (SSSR count). The SMILES string of the molecule is CCOP(O)CCN(CCO)CCP(=O)(OCC)OCC. The van der Waals surface area contributed by atoms with Crippen LogP contribution in [0, 0.1) is 0 Å². The lowest BCUT2D eigenvalue weighted by molar-refractivity contribution is 0.193. The maximum Gasteiger partial charge on any atom is 0.331 e. The Labute approximate surface area is 129 Å². The Balaban J connectivity index is 4.31. The first kappa shape index (κ1) is 21.4. The van der Waals surface area contributed by atoms with Gasteiger partial charge in [-0.15, -0.1) is 0 Å². The van der Waals surface area contributed by atoms with Gasteiger partial charge in [0.1, 0.15) is 0 Å². The van der Waals surface area contributed by atoms with Crippen molar-refractivity contribution in [1.29, 1.82) is 0 Å². The molecular formula is C12H29NO6P2. The summed E-state index contributed by atoms with van der Waals surface area (Å²) in [6, 6.07) is 0. The molecule has 0 amide bonds. The van der Waals surface area contributed by atoms with Crippen LogP contribution in [0.2, 0.25) is 0 Å². The van der Waals surface area contributed by atoms with Crippen LogP contribution in [0.5, 0.6) is 0 Å². The maximum absolute atomic E-state index is 12.4. The van der Waals surface area contributed by atoms with E-state index in [1.807, 2.05) is 11.8 Å². The number of rotatable bonds is 14. The molecule has 128 valence electrons. The average Bonchev–Trinajstić information content (AvgIpc) is 2.43. The monoisotopic (exact) mass is 345 g/mol. The minimum atomic E-state index is -3.07. The van der Waals surface area contributed by atoms with Crippen LogP contribution in [0.1, 0.15) is 20.8 Å². The first-order valence-corrected chi connectivity index (χ1v) is 10.4. The van der Waals surface area contributed by atoms with E-state index in [0.29, 0.717) is 45.6 Å². The van der Waals surface area contributed by atoms with Gasteiger partial charge in [0.15, 0.2) is 8.38 Å². The smallest absolute Gasteiger partial charge is 0.331 e. The van der Waals surface area contributed by atoms with Gasteiger partial charge in [0.05, 0.1) is 32.6 Å². The third kappa shape index (κ3) is 10.7. The van der Waals surface area contributed by atoms with E-state index in [2.05, 4.69) is 0 Å². The van der Waals surface area contributed by atoms with Crippen LogP contribution in [0.3, 0.4) is 0 Å². The second-order valence-electron chi connectivity index (χ2n) is 4.23. The highest BCUT2D eigenvalue weighted by Gasteiger charge is 2.24. The van der Waals surface area contributed by atoms with E-state index >= 15 is 0 Å². The Hall–Kier alpha value is 0.420. The van der Waals surface area contributed by atoms with Gasteiger partial charge in [-0.3, -0.25) is 9.46 Å². The molecule has 0 aromatic carbocycles. The van der Waals surface area contributed by atoms with Gasteiger partial charge in [0.25, 0.3) is 0 Å². The molecule has 0 saturated carbocycles. The van der Waals surface area contributed by atoms with Crippen LogP contribution < -0.4 is 0 Å². The molecule has 0 aliphatic rings. The molecule has 2 N–H and O–H groups in total. The lowest BCUT2D eigenvalue weighted by Gasteiger charge is -2.24. The zero-order valence-corrected chi connectivity index (χ0v) is 15.0. The fraction of sp³-hybridized carbons (Fsp3) is 1.00. The molecule has 7 nitrogen and oxygen atoms in total.